The third-order valence-corrected chi connectivity index (χ3v) is 4.02. The van der Waals surface area contributed by atoms with E-state index in [0.29, 0.717) is 6.42 Å². The Bertz CT molecular complexity index is 498. The van der Waals surface area contributed by atoms with Gasteiger partial charge in [0.05, 0.1) is 11.0 Å². The van der Waals surface area contributed by atoms with Crippen molar-refractivity contribution in [1.82, 2.24) is 0 Å². The Hall–Kier alpha value is -1.62. The standard InChI is InChI=1S/C14H19NO4/c1-4-9-5-6-11(10(7-9)15(17)18)19-13-8-12(16)14(13,2)3/h5-7,12-13,16H,4,8H2,1-3H3. The van der Waals surface area contributed by atoms with Crippen LogP contribution in [-0.2, 0) is 6.42 Å². The van der Waals surface area contributed by atoms with Crippen molar-refractivity contribution in [1.29, 1.82) is 0 Å². The van der Waals surface area contributed by atoms with Crippen LogP contribution in [0, 0.1) is 15.5 Å². The lowest BCUT2D eigenvalue weighted by Crippen LogP contribution is -2.56. The van der Waals surface area contributed by atoms with Crippen LogP contribution in [-0.4, -0.2) is 22.2 Å². The fraction of sp³-hybridized carbons (Fsp3) is 0.571. The number of nitro benzene ring substituents is 1. The van der Waals surface area contributed by atoms with Crippen molar-refractivity contribution in [3.05, 3.63) is 33.9 Å². The molecule has 0 heterocycles. The first-order chi connectivity index (χ1) is 8.86. The summed E-state index contributed by atoms with van der Waals surface area (Å²) in [5, 5.41) is 20.8. The average molecular weight is 265 g/mol. The Morgan fingerprint density at radius 1 is 1.53 bits per heavy atom. The van der Waals surface area contributed by atoms with Gasteiger partial charge in [-0.05, 0) is 18.1 Å². The van der Waals surface area contributed by atoms with E-state index in [4.69, 9.17) is 4.74 Å². The van der Waals surface area contributed by atoms with Crippen LogP contribution in [0.4, 0.5) is 5.69 Å². The Morgan fingerprint density at radius 3 is 2.68 bits per heavy atom. The van der Waals surface area contributed by atoms with Gasteiger partial charge in [-0.3, -0.25) is 10.1 Å². The maximum atomic E-state index is 11.1. The van der Waals surface area contributed by atoms with Gasteiger partial charge in [-0.15, -0.1) is 0 Å². The molecule has 2 unspecified atom stereocenters. The molecule has 0 amide bonds. The van der Waals surface area contributed by atoms with E-state index >= 15 is 0 Å². The normalized spacial score (nSPS) is 24.6. The van der Waals surface area contributed by atoms with E-state index in [2.05, 4.69) is 0 Å². The molecular formula is C14H19NO4. The molecule has 0 radical (unpaired) electrons. The minimum Gasteiger partial charge on any atom is -0.483 e. The first kappa shape index (κ1) is 13.8. The maximum Gasteiger partial charge on any atom is 0.311 e. The third kappa shape index (κ3) is 2.42. The summed E-state index contributed by atoms with van der Waals surface area (Å²) in [7, 11) is 0. The second-order valence-corrected chi connectivity index (χ2v) is 5.59. The van der Waals surface area contributed by atoms with E-state index in [1.807, 2.05) is 26.8 Å². The van der Waals surface area contributed by atoms with Crippen LogP contribution in [0.5, 0.6) is 5.75 Å². The molecule has 104 valence electrons. The van der Waals surface area contributed by atoms with Crippen molar-refractivity contribution in [3.8, 4) is 5.75 Å². The van der Waals surface area contributed by atoms with Crippen molar-refractivity contribution in [2.24, 2.45) is 5.41 Å². The maximum absolute atomic E-state index is 11.1. The van der Waals surface area contributed by atoms with Crippen LogP contribution in [0.3, 0.4) is 0 Å². The van der Waals surface area contributed by atoms with Crippen molar-refractivity contribution < 1.29 is 14.8 Å². The smallest absolute Gasteiger partial charge is 0.311 e. The second kappa shape index (κ2) is 4.81. The highest BCUT2D eigenvalue weighted by molar-refractivity contribution is 5.49. The van der Waals surface area contributed by atoms with Gasteiger partial charge in [0.15, 0.2) is 5.75 Å². The fourth-order valence-corrected chi connectivity index (χ4v) is 2.24. The lowest BCUT2D eigenvalue weighted by Gasteiger charge is -2.48. The molecule has 0 bridgehead atoms. The SMILES string of the molecule is CCc1ccc(OC2CC(O)C2(C)C)c([N+](=O)[O-])c1. The van der Waals surface area contributed by atoms with Crippen LogP contribution in [0.15, 0.2) is 18.2 Å². The Balaban J connectivity index is 2.23. The van der Waals surface area contributed by atoms with Crippen LogP contribution in [0.25, 0.3) is 0 Å². The molecule has 5 nitrogen and oxygen atoms in total. The van der Waals surface area contributed by atoms with Crippen LogP contribution >= 0.6 is 0 Å². The predicted molar refractivity (Wildman–Crippen MR) is 71.3 cm³/mol. The van der Waals surface area contributed by atoms with Crippen molar-refractivity contribution in [2.45, 2.75) is 45.8 Å². The molecule has 0 aromatic heterocycles. The number of hydrogen-bond donors (Lipinski definition) is 1. The summed E-state index contributed by atoms with van der Waals surface area (Å²) in [6.07, 6.45) is 0.661. The Labute approximate surface area is 112 Å². The molecule has 0 spiro atoms. The molecule has 2 rings (SSSR count). The van der Waals surface area contributed by atoms with Gasteiger partial charge in [0.1, 0.15) is 6.10 Å². The molecule has 1 aromatic carbocycles. The second-order valence-electron chi connectivity index (χ2n) is 5.59. The summed E-state index contributed by atoms with van der Waals surface area (Å²) in [5.74, 6) is 0.284. The van der Waals surface area contributed by atoms with E-state index in [1.54, 1.807) is 12.1 Å². The van der Waals surface area contributed by atoms with Gasteiger partial charge in [0.2, 0.25) is 0 Å². The van der Waals surface area contributed by atoms with Crippen LogP contribution in [0.1, 0.15) is 32.8 Å². The predicted octanol–water partition coefficient (Wildman–Crippen LogP) is 2.70. The van der Waals surface area contributed by atoms with Gasteiger partial charge in [-0.2, -0.15) is 0 Å². The highest BCUT2D eigenvalue weighted by atomic mass is 16.6. The van der Waals surface area contributed by atoms with Gasteiger partial charge in [0, 0.05) is 17.9 Å². The molecule has 0 saturated heterocycles. The number of nitro groups is 1. The molecule has 1 aliphatic rings. The fourth-order valence-electron chi connectivity index (χ4n) is 2.24. The summed E-state index contributed by atoms with van der Waals surface area (Å²) >= 11 is 0. The quantitative estimate of drug-likeness (QED) is 0.671. The highest BCUT2D eigenvalue weighted by Gasteiger charge is 2.49. The summed E-state index contributed by atoms with van der Waals surface area (Å²) in [6, 6.07) is 5.04. The molecule has 5 heteroatoms. The zero-order valence-corrected chi connectivity index (χ0v) is 11.4. The summed E-state index contributed by atoms with van der Waals surface area (Å²) in [5.41, 5.74) is 0.542. The summed E-state index contributed by atoms with van der Waals surface area (Å²) < 4.78 is 5.73. The molecule has 1 fully saturated rings. The summed E-state index contributed by atoms with van der Waals surface area (Å²) in [4.78, 5) is 10.7. The molecule has 1 saturated carbocycles. The highest BCUT2D eigenvalue weighted by Crippen LogP contribution is 2.44. The van der Waals surface area contributed by atoms with E-state index < -0.39 is 11.0 Å². The van der Waals surface area contributed by atoms with Gasteiger partial charge in [-0.25, -0.2) is 0 Å². The van der Waals surface area contributed by atoms with Crippen LogP contribution < -0.4 is 4.74 Å². The van der Waals surface area contributed by atoms with E-state index in [1.165, 1.54) is 0 Å². The molecule has 1 aromatic rings. The first-order valence-electron chi connectivity index (χ1n) is 6.48. The number of ether oxygens (including phenoxy) is 1. The first-order valence-corrected chi connectivity index (χ1v) is 6.48. The van der Waals surface area contributed by atoms with Crippen molar-refractivity contribution in [3.63, 3.8) is 0 Å². The van der Waals surface area contributed by atoms with Crippen LogP contribution in [0.2, 0.25) is 0 Å². The number of nitrogens with zero attached hydrogens (tertiary/aromatic N) is 1. The topological polar surface area (TPSA) is 72.6 Å². The number of aliphatic hydroxyl groups excluding tert-OH is 1. The van der Waals surface area contributed by atoms with Gasteiger partial charge < -0.3 is 9.84 Å². The monoisotopic (exact) mass is 265 g/mol. The number of aliphatic hydroxyl groups is 1. The van der Waals surface area contributed by atoms with Crippen molar-refractivity contribution in [2.75, 3.05) is 0 Å². The third-order valence-electron chi connectivity index (χ3n) is 4.02. The molecular weight excluding hydrogens is 246 g/mol. The minimum absolute atomic E-state index is 0.00320. The zero-order chi connectivity index (χ0) is 14.2. The molecule has 1 aliphatic carbocycles. The minimum atomic E-state index is -0.420. The molecule has 0 aliphatic heterocycles. The zero-order valence-electron chi connectivity index (χ0n) is 11.4. The van der Waals surface area contributed by atoms with Crippen molar-refractivity contribution >= 4 is 5.69 Å². The van der Waals surface area contributed by atoms with E-state index in [0.717, 1.165) is 12.0 Å². The van der Waals surface area contributed by atoms with Gasteiger partial charge in [-0.1, -0.05) is 26.8 Å². The largest absolute Gasteiger partial charge is 0.483 e. The lowest BCUT2D eigenvalue weighted by molar-refractivity contribution is -0.386. The van der Waals surface area contributed by atoms with Gasteiger partial charge >= 0.3 is 5.69 Å². The lowest BCUT2D eigenvalue weighted by atomic mass is 9.66. The van der Waals surface area contributed by atoms with E-state index in [9.17, 15) is 15.2 Å². The average Bonchev–Trinajstić information content (AvgIpc) is 2.38. The van der Waals surface area contributed by atoms with E-state index in [-0.39, 0.29) is 23.0 Å². The Morgan fingerprint density at radius 2 is 2.21 bits per heavy atom. The molecule has 1 N–H and O–H groups in total. The van der Waals surface area contributed by atoms with Gasteiger partial charge in [0.25, 0.3) is 0 Å². The number of aryl methyl sites for hydroxylation is 1. The number of rotatable bonds is 4. The Kier molecular flexibility index (Phi) is 3.49. The number of hydrogen-bond acceptors (Lipinski definition) is 4. The molecule has 19 heavy (non-hydrogen) atoms. The molecule has 2 atom stereocenters. The number of benzene rings is 1. The summed E-state index contributed by atoms with van der Waals surface area (Å²) in [6.45, 7) is 5.75.